The zero-order chi connectivity index (χ0) is 17.3. The van der Waals surface area contributed by atoms with Crippen LogP contribution in [-0.2, 0) is 22.8 Å². The van der Waals surface area contributed by atoms with Gasteiger partial charge in [0.15, 0.2) is 0 Å². The van der Waals surface area contributed by atoms with E-state index in [1.807, 2.05) is 6.55 Å². The molecule has 0 atom stereocenters. The van der Waals surface area contributed by atoms with Gasteiger partial charge in [0.05, 0.1) is 12.5 Å². The third-order valence-electron chi connectivity index (χ3n) is 2.98. The van der Waals surface area contributed by atoms with Crippen molar-refractivity contribution in [2.24, 2.45) is 0 Å². The van der Waals surface area contributed by atoms with Crippen LogP contribution < -0.4 is 0 Å². The van der Waals surface area contributed by atoms with Gasteiger partial charge in [0.2, 0.25) is 0 Å². The van der Waals surface area contributed by atoms with Crippen LogP contribution in [-0.4, -0.2) is 41.5 Å². The van der Waals surface area contributed by atoms with Crippen LogP contribution >= 0.6 is 12.6 Å². The molecule has 0 N–H and O–H groups in total. The summed E-state index contributed by atoms with van der Waals surface area (Å²) in [5.41, 5.74) is 0. The number of rotatable bonds is 12. The van der Waals surface area contributed by atoms with Crippen LogP contribution in [0, 0.1) is 0 Å². The summed E-state index contributed by atoms with van der Waals surface area (Å²) in [5, 5.41) is 0. The van der Waals surface area contributed by atoms with Gasteiger partial charge in [-0.3, -0.25) is 0 Å². The fourth-order valence-corrected chi connectivity index (χ4v) is 2.77. The third kappa shape index (κ3) is 16.0. The molecule has 0 aliphatic rings. The second-order valence-electron chi connectivity index (χ2n) is 4.68. The molecular formula is C15H32O5SSi. The minimum atomic E-state index is -2.27. The summed E-state index contributed by atoms with van der Waals surface area (Å²) in [4.78, 5) is 10.6. The van der Waals surface area contributed by atoms with E-state index in [0.717, 1.165) is 12.8 Å². The van der Waals surface area contributed by atoms with Crippen LogP contribution in [0.25, 0.3) is 0 Å². The summed E-state index contributed by atoms with van der Waals surface area (Å²) >= 11 is 3.87. The van der Waals surface area contributed by atoms with Crippen molar-refractivity contribution in [3.05, 3.63) is 12.7 Å². The summed E-state index contributed by atoms with van der Waals surface area (Å²) < 4.78 is 19.9. The fraction of sp³-hybridized carbons (Fsp3) is 0.800. The molecule has 0 amide bonds. The fourth-order valence-electron chi connectivity index (χ4n) is 1.43. The number of carbonyl (C=O) groups is 1. The summed E-state index contributed by atoms with van der Waals surface area (Å²) in [6, 6.07) is 0. The van der Waals surface area contributed by atoms with Gasteiger partial charge in [-0.1, -0.05) is 45.6 Å². The molecule has 22 heavy (non-hydrogen) atoms. The van der Waals surface area contributed by atoms with Crippen LogP contribution in [0.2, 0.25) is 6.55 Å². The van der Waals surface area contributed by atoms with Crippen molar-refractivity contribution in [1.82, 2.24) is 0 Å². The average Bonchev–Trinajstić information content (AvgIpc) is 2.54. The number of carbonyl (C=O) groups excluding carboxylic acids is 1. The molecule has 0 aromatic heterocycles. The highest BCUT2D eigenvalue weighted by molar-refractivity contribution is 7.80. The molecule has 0 aromatic rings. The standard InChI is InChI=1S/C11H20O2.C4H12O3SSi/c1-3-5-6-7-8-9-10-13-11(12)4-2;1-5-9(3,6-2)7-4-8/h4H,2-3,5-10H2,1H3;8H,4H2,1-3H3. The second kappa shape index (κ2) is 17.0. The number of unbranched alkanes of at least 4 members (excludes halogenated alkanes) is 5. The molecule has 132 valence electrons. The van der Waals surface area contributed by atoms with Gasteiger partial charge in [0, 0.05) is 26.8 Å². The molecule has 0 radical (unpaired) electrons. The van der Waals surface area contributed by atoms with Crippen molar-refractivity contribution < 1.29 is 22.8 Å². The van der Waals surface area contributed by atoms with Gasteiger partial charge in [0.1, 0.15) is 0 Å². The molecule has 0 heterocycles. The Morgan fingerprint density at radius 3 is 2.09 bits per heavy atom. The highest BCUT2D eigenvalue weighted by Gasteiger charge is 2.30. The number of ether oxygens (including phenoxy) is 1. The Labute approximate surface area is 142 Å². The number of hydrogen-bond donors (Lipinski definition) is 1. The Morgan fingerprint density at radius 2 is 1.68 bits per heavy atom. The second-order valence-corrected chi connectivity index (χ2v) is 7.77. The molecule has 0 aliphatic carbocycles. The molecule has 7 heteroatoms. The molecule has 0 unspecified atom stereocenters. The molecule has 0 saturated carbocycles. The lowest BCUT2D eigenvalue weighted by Gasteiger charge is -2.20. The van der Waals surface area contributed by atoms with Crippen molar-refractivity contribution in [3.63, 3.8) is 0 Å². The number of thiol groups is 1. The maximum Gasteiger partial charge on any atom is 0.497 e. The van der Waals surface area contributed by atoms with Gasteiger partial charge >= 0.3 is 14.8 Å². The van der Waals surface area contributed by atoms with E-state index in [4.69, 9.17) is 18.0 Å². The predicted octanol–water partition coefficient (Wildman–Crippen LogP) is 3.83. The van der Waals surface area contributed by atoms with Crippen molar-refractivity contribution >= 4 is 27.4 Å². The van der Waals surface area contributed by atoms with Gasteiger partial charge < -0.3 is 18.0 Å². The normalized spacial score (nSPS) is 10.6. The Balaban J connectivity index is 0. The monoisotopic (exact) mass is 352 g/mol. The van der Waals surface area contributed by atoms with Crippen LogP contribution in [0.3, 0.4) is 0 Å². The van der Waals surface area contributed by atoms with Crippen LogP contribution in [0.15, 0.2) is 12.7 Å². The first-order valence-corrected chi connectivity index (χ1v) is 10.5. The smallest absolute Gasteiger partial charge is 0.463 e. The van der Waals surface area contributed by atoms with Crippen LogP contribution in [0.5, 0.6) is 0 Å². The summed E-state index contributed by atoms with van der Waals surface area (Å²) in [7, 11) is 0.863. The first kappa shape index (κ1) is 23.9. The molecule has 0 fully saturated rings. The van der Waals surface area contributed by atoms with Crippen molar-refractivity contribution in [1.29, 1.82) is 0 Å². The minimum Gasteiger partial charge on any atom is -0.463 e. The van der Waals surface area contributed by atoms with Crippen LogP contribution in [0.1, 0.15) is 45.4 Å². The molecule has 0 saturated heterocycles. The largest absolute Gasteiger partial charge is 0.497 e. The zero-order valence-electron chi connectivity index (χ0n) is 14.4. The topological polar surface area (TPSA) is 54.0 Å². The predicted molar refractivity (Wildman–Crippen MR) is 95.1 cm³/mol. The van der Waals surface area contributed by atoms with Gasteiger partial charge in [-0.25, -0.2) is 4.79 Å². The lowest BCUT2D eigenvalue weighted by Crippen LogP contribution is -2.39. The number of hydrogen-bond acceptors (Lipinski definition) is 6. The van der Waals surface area contributed by atoms with Gasteiger partial charge in [-0.15, -0.1) is 0 Å². The Bertz CT molecular complexity index is 273. The molecule has 0 aromatic carbocycles. The first-order valence-electron chi connectivity index (χ1n) is 7.63. The molecule has 0 spiro atoms. The van der Waals surface area contributed by atoms with E-state index >= 15 is 0 Å². The quantitative estimate of drug-likeness (QED) is 0.144. The molecular weight excluding hydrogens is 320 g/mol. The summed E-state index contributed by atoms with van der Waals surface area (Å²) in [6.45, 7) is 7.87. The van der Waals surface area contributed by atoms with Crippen molar-refractivity contribution in [2.75, 3.05) is 26.8 Å². The summed E-state index contributed by atoms with van der Waals surface area (Å²) in [5.74, 6) is 0.0262. The molecule has 5 nitrogen and oxygen atoms in total. The molecule has 0 bridgehead atoms. The van der Waals surface area contributed by atoms with E-state index in [2.05, 4.69) is 26.1 Å². The van der Waals surface area contributed by atoms with E-state index in [-0.39, 0.29) is 5.97 Å². The lowest BCUT2D eigenvalue weighted by molar-refractivity contribution is -0.137. The Morgan fingerprint density at radius 1 is 1.14 bits per heavy atom. The highest BCUT2D eigenvalue weighted by Crippen LogP contribution is 2.06. The van der Waals surface area contributed by atoms with E-state index in [1.54, 1.807) is 14.2 Å². The van der Waals surface area contributed by atoms with Crippen molar-refractivity contribution in [3.8, 4) is 0 Å². The zero-order valence-corrected chi connectivity index (χ0v) is 16.3. The van der Waals surface area contributed by atoms with Crippen LogP contribution in [0.4, 0.5) is 0 Å². The Hall–Kier alpha value is -0.343. The maximum atomic E-state index is 10.6. The molecule has 0 rings (SSSR count). The number of esters is 1. The van der Waals surface area contributed by atoms with Gasteiger partial charge in [-0.2, -0.15) is 12.6 Å². The third-order valence-corrected chi connectivity index (χ3v) is 5.50. The first-order chi connectivity index (χ1) is 10.5. The SMILES string of the molecule is C=CC(=O)OCCCCCCCC.CO[Si](C)(OC)OCS. The lowest BCUT2D eigenvalue weighted by atomic mass is 10.1. The van der Waals surface area contributed by atoms with E-state index in [1.165, 1.54) is 31.8 Å². The molecule has 0 aliphatic heterocycles. The van der Waals surface area contributed by atoms with E-state index < -0.39 is 8.80 Å². The van der Waals surface area contributed by atoms with Gasteiger partial charge in [-0.05, 0) is 6.42 Å². The van der Waals surface area contributed by atoms with E-state index in [0.29, 0.717) is 12.5 Å². The summed E-state index contributed by atoms with van der Waals surface area (Å²) in [6.07, 6.45) is 8.47. The van der Waals surface area contributed by atoms with Crippen molar-refractivity contribution in [2.45, 2.75) is 52.0 Å². The van der Waals surface area contributed by atoms with E-state index in [9.17, 15) is 4.79 Å². The minimum absolute atomic E-state index is 0.312. The average molecular weight is 353 g/mol. The Kier molecular flexibility index (Phi) is 18.5. The maximum absolute atomic E-state index is 10.6. The van der Waals surface area contributed by atoms with Gasteiger partial charge in [0.25, 0.3) is 0 Å². The highest BCUT2D eigenvalue weighted by atomic mass is 32.1.